The van der Waals surface area contributed by atoms with Crippen LogP contribution in [0.1, 0.15) is 13.3 Å². The molecular formula is C12H21NO9. The highest BCUT2D eigenvalue weighted by molar-refractivity contribution is 5.75. The molecule has 0 radical (unpaired) electrons. The summed E-state index contributed by atoms with van der Waals surface area (Å²) in [7, 11) is 0. The highest BCUT2D eigenvalue weighted by Gasteiger charge is 2.53. The quantitative estimate of drug-likeness (QED) is 0.260. The SMILES string of the molecule is CC(=O)NC[C@H]1C([C@H](O)[C@H](O)CO)O[C@](O)(C(=O)O)C[C@H]1O. The lowest BCUT2D eigenvalue weighted by molar-refractivity contribution is -0.303. The third-order valence-corrected chi connectivity index (χ3v) is 3.57. The van der Waals surface area contributed by atoms with E-state index in [4.69, 9.17) is 14.9 Å². The van der Waals surface area contributed by atoms with Crippen LogP contribution >= 0.6 is 0 Å². The molecule has 7 N–H and O–H groups in total. The lowest BCUT2D eigenvalue weighted by Crippen LogP contribution is -2.62. The molecule has 10 nitrogen and oxygen atoms in total. The minimum atomic E-state index is -2.74. The first-order chi connectivity index (χ1) is 10.1. The number of amides is 1. The van der Waals surface area contributed by atoms with Gasteiger partial charge in [0.25, 0.3) is 5.79 Å². The minimum absolute atomic E-state index is 0.175. The fraction of sp³-hybridized carbons (Fsp3) is 0.833. The zero-order valence-electron chi connectivity index (χ0n) is 11.9. The molecule has 10 heteroatoms. The van der Waals surface area contributed by atoms with Crippen LogP contribution in [0.3, 0.4) is 0 Å². The summed E-state index contributed by atoms with van der Waals surface area (Å²) in [5, 5.41) is 59.5. The Hall–Kier alpha value is -1.30. The minimum Gasteiger partial charge on any atom is -0.477 e. The molecule has 1 heterocycles. The molecule has 1 amide bonds. The van der Waals surface area contributed by atoms with Gasteiger partial charge < -0.3 is 40.7 Å². The van der Waals surface area contributed by atoms with Crippen LogP contribution < -0.4 is 5.32 Å². The van der Waals surface area contributed by atoms with Crippen molar-refractivity contribution in [3.05, 3.63) is 0 Å². The van der Waals surface area contributed by atoms with Crippen LogP contribution in [0.15, 0.2) is 0 Å². The van der Waals surface area contributed by atoms with Gasteiger partial charge in [0, 0.05) is 25.8 Å². The highest BCUT2D eigenvalue weighted by atomic mass is 16.7. The van der Waals surface area contributed by atoms with E-state index in [9.17, 15) is 30.0 Å². The van der Waals surface area contributed by atoms with Gasteiger partial charge in [-0.05, 0) is 0 Å². The number of nitrogens with one attached hydrogen (secondary N) is 1. The molecule has 0 aromatic carbocycles. The van der Waals surface area contributed by atoms with Crippen molar-refractivity contribution in [3.8, 4) is 0 Å². The number of carboxylic acid groups (broad SMARTS) is 1. The van der Waals surface area contributed by atoms with Gasteiger partial charge in [-0.15, -0.1) is 0 Å². The molecule has 1 rings (SSSR count). The van der Waals surface area contributed by atoms with Crippen LogP contribution in [0.4, 0.5) is 0 Å². The Labute approximate surface area is 125 Å². The third-order valence-electron chi connectivity index (χ3n) is 3.57. The summed E-state index contributed by atoms with van der Waals surface area (Å²) in [6, 6.07) is 0. The molecular weight excluding hydrogens is 302 g/mol. The maximum Gasteiger partial charge on any atom is 0.364 e. The Bertz CT molecular complexity index is 417. The maximum atomic E-state index is 11.1. The fourth-order valence-corrected chi connectivity index (χ4v) is 2.32. The topological polar surface area (TPSA) is 177 Å². The van der Waals surface area contributed by atoms with E-state index in [1.807, 2.05) is 0 Å². The lowest BCUT2D eigenvalue weighted by atomic mass is 9.83. The fourth-order valence-electron chi connectivity index (χ4n) is 2.32. The Morgan fingerprint density at radius 3 is 2.45 bits per heavy atom. The van der Waals surface area contributed by atoms with Crippen molar-refractivity contribution in [1.82, 2.24) is 5.32 Å². The van der Waals surface area contributed by atoms with Gasteiger partial charge in [0.1, 0.15) is 12.2 Å². The zero-order chi connectivity index (χ0) is 17.1. The second-order valence-corrected chi connectivity index (χ2v) is 5.28. The van der Waals surface area contributed by atoms with E-state index in [0.29, 0.717) is 0 Å². The van der Waals surface area contributed by atoms with Gasteiger partial charge in [-0.3, -0.25) is 4.79 Å². The number of carbonyl (C=O) groups excluding carboxylic acids is 1. The van der Waals surface area contributed by atoms with Crippen molar-refractivity contribution in [2.75, 3.05) is 13.2 Å². The van der Waals surface area contributed by atoms with Crippen LogP contribution in [-0.2, 0) is 14.3 Å². The second-order valence-electron chi connectivity index (χ2n) is 5.28. The van der Waals surface area contributed by atoms with E-state index < -0.39 is 61.0 Å². The van der Waals surface area contributed by atoms with Crippen molar-refractivity contribution in [2.45, 2.75) is 43.5 Å². The molecule has 0 aromatic heterocycles. The predicted octanol–water partition coefficient (Wildman–Crippen LogP) is -3.62. The van der Waals surface area contributed by atoms with Crippen LogP contribution in [0.2, 0.25) is 0 Å². The van der Waals surface area contributed by atoms with E-state index in [1.165, 1.54) is 6.92 Å². The summed E-state index contributed by atoms with van der Waals surface area (Å²) in [6.45, 7) is 0.208. The van der Waals surface area contributed by atoms with E-state index in [-0.39, 0.29) is 6.54 Å². The van der Waals surface area contributed by atoms with E-state index in [0.717, 1.165) is 0 Å². The number of aliphatic carboxylic acids is 1. The molecule has 0 aliphatic carbocycles. The van der Waals surface area contributed by atoms with Gasteiger partial charge in [-0.1, -0.05) is 0 Å². The van der Waals surface area contributed by atoms with Crippen LogP contribution in [-0.4, -0.2) is 85.9 Å². The number of rotatable bonds is 6. The van der Waals surface area contributed by atoms with Crippen molar-refractivity contribution in [3.63, 3.8) is 0 Å². The molecule has 22 heavy (non-hydrogen) atoms. The van der Waals surface area contributed by atoms with Crippen molar-refractivity contribution in [2.24, 2.45) is 5.92 Å². The van der Waals surface area contributed by atoms with Gasteiger partial charge in [0.15, 0.2) is 0 Å². The van der Waals surface area contributed by atoms with E-state index in [1.54, 1.807) is 0 Å². The van der Waals surface area contributed by atoms with Gasteiger partial charge in [0.2, 0.25) is 5.91 Å². The van der Waals surface area contributed by atoms with Crippen LogP contribution in [0.25, 0.3) is 0 Å². The summed E-state index contributed by atoms with van der Waals surface area (Å²) < 4.78 is 4.96. The number of aliphatic hydroxyl groups is 5. The van der Waals surface area contributed by atoms with Crippen LogP contribution in [0.5, 0.6) is 0 Å². The Morgan fingerprint density at radius 2 is 2.00 bits per heavy atom. The molecule has 0 saturated carbocycles. The molecule has 0 aromatic rings. The first-order valence-electron chi connectivity index (χ1n) is 6.65. The van der Waals surface area contributed by atoms with Gasteiger partial charge >= 0.3 is 5.97 Å². The number of hydrogen-bond donors (Lipinski definition) is 7. The zero-order valence-corrected chi connectivity index (χ0v) is 11.9. The number of carbonyl (C=O) groups is 2. The monoisotopic (exact) mass is 323 g/mol. The number of carboxylic acids is 1. The summed E-state index contributed by atoms with van der Waals surface area (Å²) in [5.41, 5.74) is 0. The summed E-state index contributed by atoms with van der Waals surface area (Å²) in [4.78, 5) is 22.0. The Kier molecular flexibility index (Phi) is 6.23. The maximum absolute atomic E-state index is 11.1. The molecule has 1 aliphatic rings. The highest BCUT2D eigenvalue weighted by Crippen LogP contribution is 2.34. The average Bonchev–Trinajstić information content (AvgIpc) is 2.43. The standard InChI is InChI=1S/C12H21NO9/c1-5(15)13-3-6-7(16)2-12(21,11(19)20)22-10(6)9(18)8(17)4-14/h6-10,14,16-18,21H,2-4H2,1H3,(H,13,15)(H,19,20)/t6-,7-,8-,9-,10?,12+/m1/s1. The van der Waals surface area contributed by atoms with Gasteiger partial charge in [-0.25, -0.2) is 4.79 Å². The first-order valence-corrected chi connectivity index (χ1v) is 6.65. The Morgan fingerprint density at radius 1 is 1.41 bits per heavy atom. The van der Waals surface area contributed by atoms with Crippen molar-refractivity contribution >= 4 is 11.9 Å². The molecule has 1 aliphatic heterocycles. The van der Waals surface area contributed by atoms with E-state index >= 15 is 0 Å². The van der Waals surface area contributed by atoms with Gasteiger partial charge in [0.05, 0.1) is 18.8 Å². The second kappa shape index (κ2) is 7.31. The predicted molar refractivity (Wildman–Crippen MR) is 69.4 cm³/mol. The number of aliphatic hydroxyl groups excluding tert-OH is 4. The normalized spacial score (nSPS) is 34.7. The smallest absolute Gasteiger partial charge is 0.364 e. The molecule has 128 valence electrons. The molecule has 1 unspecified atom stereocenters. The number of ether oxygens (including phenoxy) is 1. The average molecular weight is 323 g/mol. The van der Waals surface area contributed by atoms with Crippen molar-refractivity contribution in [1.29, 1.82) is 0 Å². The van der Waals surface area contributed by atoms with Crippen molar-refractivity contribution < 1.29 is 45.0 Å². The van der Waals surface area contributed by atoms with Crippen LogP contribution in [0, 0.1) is 5.92 Å². The molecule has 1 fully saturated rings. The molecule has 6 atom stereocenters. The first kappa shape index (κ1) is 18.7. The van der Waals surface area contributed by atoms with E-state index in [2.05, 4.69) is 5.32 Å². The lowest BCUT2D eigenvalue weighted by Gasteiger charge is -2.44. The molecule has 0 spiro atoms. The summed E-state index contributed by atoms with van der Waals surface area (Å²) in [6.07, 6.45) is -7.06. The van der Waals surface area contributed by atoms with Gasteiger partial charge in [-0.2, -0.15) is 0 Å². The summed E-state index contributed by atoms with van der Waals surface area (Å²) >= 11 is 0. The third kappa shape index (κ3) is 4.12. The molecule has 1 saturated heterocycles. The number of hydrogen-bond acceptors (Lipinski definition) is 8. The molecule has 0 bridgehead atoms. The largest absolute Gasteiger partial charge is 0.477 e. The summed E-state index contributed by atoms with van der Waals surface area (Å²) in [5.74, 6) is -5.92. The Balaban J connectivity index is 3.02.